The molecule has 21 heavy (non-hydrogen) atoms. The van der Waals surface area contributed by atoms with Crippen molar-refractivity contribution in [1.82, 2.24) is 10.0 Å². The molecule has 0 aliphatic heterocycles. The first kappa shape index (κ1) is 16.4. The molecule has 0 saturated heterocycles. The van der Waals surface area contributed by atoms with Crippen molar-refractivity contribution in [2.75, 3.05) is 6.54 Å². The Kier molecular flexibility index (Phi) is 5.72. The molecule has 0 radical (unpaired) electrons. The van der Waals surface area contributed by atoms with E-state index in [0.29, 0.717) is 19.1 Å². The fourth-order valence-corrected chi connectivity index (χ4v) is 3.21. The highest BCUT2D eigenvalue weighted by molar-refractivity contribution is 7.89. The van der Waals surface area contributed by atoms with Crippen molar-refractivity contribution in [3.05, 3.63) is 29.6 Å². The van der Waals surface area contributed by atoms with Gasteiger partial charge in [0.2, 0.25) is 10.0 Å². The molecule has 1 aromatic rings. The van der Waals surface area contributed by atoms with Crippen LogP contribution in [0.25, 0.3) is 0 Å². The van der Waals surface area contributed by atoms with E-state index in [1.54, 1.807) is 6.07 Å². The maximum Gasteiger partial charge on any atom is 0.243 e. The lowest BCUT2D eigenvalue weighted by Crippen LogP contribution is -2.26. The average molecular weight is 314 g/mol. The van der Waals surface area contributed by atoms with E-state index in [-0.39, 0.29) is 4.90 Å². The van der Waals surface area contributed by atoms with Gasteiger partial charge in [0.05, 0.1) is 0 Å². The van der Waals surface area contributed by atoms with Crippen LogP contribution in [0.1, 0.15) is 44.6 Å². The van der Waals surface area contributed by atoms with E-state index in [4.69, 9.17) is 0 Å². The summed E-state index contributed by atoms with van der Waals surface area (Å²) in [7, 11) is -3.75. The highest BCUT2D eigenvalue weighted by atomic mass is 32.2. The molecule has 1 aliphatic rings. The van der Waals surface area contributed by atoms with Gasteiger partial charge in [0.1, 0.15) is 10.7 Å². The zero-order valence-electron chi connectivity index (χ0n) is 12.4. The van der Waals surface area contributed by atoms with Crippen LogP contribution in [-0.4, -0.2) is 21.0 Å². The molecule has 6 heteroatoms. The van der Waals surface area contributed by atoms with Gasteiger partial charge in [-0.1, -0.05) is 25.8 Å². The second-order valence-corrected chi connectivity index (χ2v) is 7.26. The first-order chi connectivity index (χ1) is 10.0. The van der Waals surface area contributed by atoms with Gasteiger partial charge in [0.15, 0.2) is 0 Å². The number of sulfonamides is 1. The molecular formula is C15H23FN2O2S. The minimum Gasteiger partial charge on any atom is -0.310 e. The molecule has 2 rings (SSSR count). The van der Waals surface area contributed by atoms with E-state index in [0.717, 1.165) is 37.7 Å². The topological polar surface area (TPSA) is 58.2 Å². The number of unbranched alkanes of at least 4 members (excludes halogenated alkanes) is 2. The van der Waals surface area contributed by atoms with Gasteiger partial charge in [0.25, 0.3) is 0 Å². The Hall–Kier alpha value is -0.980. The molecule has 0 atom stereocenters. The Morgan fingerprint density at radius 2 is 2.05 bits per heavy atom. The molecule has 0 spiro atoms. The van der Waals surface area contributed by atoms with Gasteiger partial charge < -0.3 is 5.32 Å². The summed E-state index contributed by atoms with van der Waals surface area (Å²) in [4.78, 5) is -0.269. The first-order valence-corrected chi connectivity index (χ1v) is 9.02. The van der Waals surface area contributed by atoms with Crippen LogP contribution < -0.4 is 10.0 Å². The van der Waals surface area contributed by atoms with Crippen LogP contribution >= 0.6 is 0 Å². The van der Waals surface area contributed by atoms with E-state index in [1.165, 1.54) is 12.1 Å². The van der Waals surface area contributed by atoms with Crippen LogP contribution in [-0.2, 0) is 16.6 Å². The molecule has 0 amide bonds. The summed E-state index contributed by atoms with van der Waals surface area (Å²) in [6, 6.07) is 4.85. The van der Waals surface area contributed by atoms with Crippen molar-refractivity contribution in [2.24, 2.45) is 0 Å². The van der Waals surface area contributed by atoms with E-state index >= 15 is 0 Å². The molecule has 0 bridgehead atoms. The molecular weight excluding hydrogens is 291 g/mol. The van der Waals surface area contributed by atoms with Crippen molar-refractivity contribution in [2.45, 2.75) is 56.5 Å². The number of nitrogens with one attached hydrogen (secondary N) is 2. The predicted molar refractivity (Wildman–Crippen MR) is 81.0 cm³/mol. The number of hydrogen-bond donors (Lipinski definition) is 2. The minimum absolute atomic E-state index is 0.269. The van der Waals surface area contributed by atoms with Gasteiger partial charge in [-0.2, -0.15) is 0 Å². The van der Waals surface area contributed by atoms with Crippen LogP contribution in [0.15, 0.2) is 23.1 Å². The standard InChI is InChI=1S/C15H23FN2O2S/c1-2-3-4-9-18-21(19,20)15-8-5-12(10-14(15)16)11-17-13-6-7-13/h5,8,10,13,17-18H,2-4,6-7,9,11H2,1H3. The summed E-state index contributed by atoms with van der Waals surface area (Å²) in [5.41, 5.74) is 0.768. The van der Waals surface area contributed by atoms with Gasteiger partial charge in [-0.3, -0.25) is 0 Å². The fraction of sp³-hybridized carbons (Fsp3) is 0.600. The molecule has 1 saturated carbocycles. The quantitative estimate of drug-likeness (QED) is 0.689. The number of hydrogen-bond acceptors (Lipinski definition) is 3. The Balaban J connectivity index is 1.97. The number of halogens is 1. The van der Waals surface area contributed by atoms with Gasteiger partial charge in [-0.25, -0.2) is 17.5 Å². The minimum atomic E-state index is -3.75. The fourth-order valence-electron chi connectivity index (χ4n) is 2.08. The third-order valence-corrected chi connectivity index (χ3v) is 5.02. The van der Waals surface area contributed by atoms with Gasteiger partial charge in [-0.15, -0.1) is 0 Å². The van der Waals surface area contributed by atoms with Crippen LogP contribution in [0.2, 0.25) is 0 Å². The Morgan fingerprint density at radius 3 is 2.67 bits per heavy atom. The summed E-state index contributed by atoms with van der Waals surface area (Å²) in [5.74, 6) is -0.687. The maximum atomic E-state index is 14.0. The Labute approximate surface area is 126 Å². The second kappa shape index (κ2) is 7.33. The van der Waals surface area contributed by atoms with Crippen molar-refractivity contribution >= 4 is 10.0 Å². The predicted octanol–water partition coefficient (Wildman–Crippen LogP) is 2.55. The van der Waals surface area contributed by atoms with E-state index < -0.39 is 15.8 Å². The van der Waals surface area contributed by atoms with Crippen LogP contribution in [0.5, 0.6) is 0 Å². The lowest BCUT2D eigenvalue weighted by atomic mass is 10.2. The van der Waals surface area contributed by atoms with Crippen molar-refractivity contribution in [1.29, 1.82) is 0 Å². The highest BCUT2D eigenvalue weighted by Crippen LogP contribution is 2.20. The molecule has 2 N–H and O–H groups in total. The van der Waals surface area contributed by atoms with E-state index in [1.807, 2.05) is 6.92 Å². The monoisotopic (exact) mass is 314 g/mol. The number of benzene rings is 1. The summed E-state index contributed by atoms with van der Waals surface area (Å²) in [5, 5.41) is 3.27. The van der Waals surface area contributed by atoms with Gasteiger partial charge >= 0.3 is 0 Å². The second-order valence-electron chi connectivity index (χ2n) is 5.52. The van der Waals surface area contributed by atoms with Crippen LogP contribution in [0, 0.1) is 5.82 Å². The molecule has 1 aliphatic carbocycles. The summed E-state index contributed by atoms with van der Waals surface area (Å²) >= 11 is 0. The average Bonchev–Trinajstić information content (AvgIpc) is 3.25. The van der Waals surface area contributed by atoms with Crippen molar-refractivity contribution in [3.63, 3.8) is 0 Å². The van der Waals surface area contributed by atoms with Crippen molar-refractivity contribution in [3.8, 4) is 0 Å². The maximum absolute atomic E-state index is 14.0. The lowest BCUT2D eigenvalue weighted by Gasteiger charge is -2.09. The third kappa shape index (κ3) is 5.05. The molecule has 1 fully saturated rings. The van der Waals surface area contributed by atoms with E-state index in [9.17, 15) is 12.8 Å². The first-order valence-electron chi connectivity index (χ1n) is 7.54. The summed E-state index contributed by atoms with van der Waals surface area (Å²) in [6.07, 6.45) is 5.06. The van der Waals surface area contributed by atoms with Crippen LogP contribution in [0.3, 0.4) is 0 Å². The van der Waals surface area contributed by atoms with Crippen LogP contribution in [0.4, 0.5) is 4.39 Å². The zero-order chi connectivity index (χ0) is 15.3. The lowest BCUT2D eigenvalue weighted by molar-refractivity contribution is 0.552. The molecule has 118 valence electrons. The number of rotatable bonds is 9. The van der Waals surface area contributed by atoms with Gasteiger partial charge in [0, 0.05) is 19.1 Å². The molecule has 0 aromatic heterocycles. The summed E-state index contributed by atoms with van der Waals surface area (Å²) in [6.45, 7) is 2.97. The van der Waals surface area contributed by atoms with Gasteiger partial charge in [-0.05, 0) is 37.0 Å². The summed E-state index contributed by atoms with van der Waals surface area (Å²) < 4.78 is 40.5. The van der Waals surface area contributed by atoms with Crippen molar-refractivity contribution < 1.29 is 12.8 Å². The SMILES string of the molecule is CCCCCNS(=O)(=O)c1ccc(CNC2CC2)cc1F. The highest BCUT2D eigenvalue weighted by Gasteiger charge is 2.21. The molecule has 0 heterocycles. The molecule has 0 unspecified atom stereocenters. The molecule has 1 aromatic carbocycles. The molecule has 4 nitrogen and oxygen atoms in total. The Morgan fingerprint density at radius 1 is 1.29 bits per heavy atom. The normalized spacial score (nSPS) is 15.3. The van der Waals surface area contributed by atoms with E-state index in [2.05, 4.69) is 10.0 Å². The Bertz CT molecular complexity index is 571. The third-order valence-electron chi connectivity index (χ3n) is 3.53. The zero-order valence-corrected chi connectivity index (χ0v) is 13.2. The largest absolute Gasteiger partial charge is 0.310 e. The smallest absolute Gasteiger partial charge is 0.243 e.